The highest BCUT2D eigenvalue weighted by atomic mass is 16.3. The van der Waals surface area contributed by atoms with Crippen LogP contribution in [0.25, 0.3) is 0 Å². The van der Waals surface area contributed by atoms with Crippen LogP contribution in [-0.2, 0) is 11.2 Å². The van der Waals surface area contributed by atoms with Gasteiger partial charge in [-0.05, 0) is 25.8 Å². The molecule has 4 heteroatoms. The summed E-state index contributed by atoms with van der Waals surface area (Å²) in [6.45, 7) is 6.15. The minimum Gasteiger partial charge on any atom is -0.391 e. The highest BCUT2D eigenvalue weighted by Crippen LogP contribution is 2.21. The molecule has 2 N–H and O–H groups in total. The van der Waals surface area contributed by atoms with E-state index in [2.05, 4.69) is 24.1 Å². The number of nitrogens with zero attached hydrogens (tertiary/aromatic N) is 1. The van der Waals surface area contributed by atoms with Gasteiger partial charge in [0, 0.05) is 31.6 Å². The van der Waals surface area contributed by atoms with E-state index < -0.39 is 6.10 Å². The van der Waals surface area contributed by atoms with Crippen molar-refractivity contribution >= 4 is 5.91 Å². The predicted octanol–water partition coefficient (Wildman–Crippen LogP) is 1.19. The van der Waals surface area contributed by atoms with E-state index in [0.717, 1.165) is 12.1 Å². The molecule has 110 valence electrons. The fourth-order valence-electron chi connectivity index (χ4n) is 2.74. The molecule has 0 aromatic heterocycles. The summed E-state index contributed by atoms with van der Waals surface area (Å²) in [7, 11) is 0. The van der Waals surface area contributed by atoms with Gasteiger partial charge in [0.15, 0.2) is 0 Å². The molecule has 0 aliphatic carbocycles. The summed E-state index contributed by atoms with van der Waals surface area (Å²) in [5.41, 5.74) is 0.931. The van der Waals surface area contributed by atoms with Crippen molar-refractivity contribution < 1.29 is 9.90 Å². The maximum atomic E-state index is 11.6. The van der Waals surface area contributed by atoms with Crippen LogP contribution in [0.2, 0.25) is 0 Å². The van der Waals surface area contributed by atoms with Gasteiger partial charge in [-0.2, -0.15) is 0 Å². The van der Waals surface area contributed by atoms with E-state index in [9.17, 15) is 9.90 Å². The highest BCUT2D eigenvalue weighted by molar-refractivity contribution is 5.77. The number of carbonyl (C=O) groups excluding carboxylic acids is 1. The van der Waals surface area contributed by atoms with Crippen LogP contribution in [0.15, 0.2) is 30.3 Å². The maximum absolute atomic E-state index is 11.6. The third-order valence-electron chi connectivity index (χ3n) is 3.90. The fourth-order valence-corrected chi connectivity index (χ4v) is 2.74. The molecule has 0 spiro atoms. The second-order valence-corrected chi connectivity index (χ2v) is 6.13. The van der Waals surface area contributed by atoms with Gasteiger partial charge < -0.3 is 10.4 Å². The second-order valence-electron chi connectivity index (χ2n) is 6.13. The van der Waals surface area contributed by atoms with E-state index in [-0.39, 0.29) is 11.4 Å². The monoisotopic (exact) mass is 276 g/mol. The summed E-state index contributed by atoms with van der Waals surface area (Å²) in [6.07, 6.45) is 0.713. The van der Waals surface area contributed by atoms with Crippen LogP contribution in [-0.4, -0.2) is 47.2 Å². The SMILES string of the molecule is CC1(C)CC(=O)NCCN1C[C@@H](O)Cc1ccccc1. The van der Waals surface area contributed by atoms with Crippen LogP contribution in [0.5, 0.6) is 0 Å². The van der Waals surface area contributed by atoms with Crippen molar-refractivity contribution in [3.05, 3.63) is 35.9 Å². The van der Waals surface area contributed by atoms with Crippen LogP contribution in [0.1, 0.15) is 25.8 Å². The van der Waals surface area contributed by atoms with E-state index >= 15 is 0 Å². The fraction of sp³-hybridized carbons (Fsp3) is 0.562. The van der Waals surface area contributed by atoms with Crippen LogP contribution < -0.4 is 5.32 Å². The van der Waals surface area contributed by atoms with Crippen LogP contribution in [0.4, 0.5) is 0 Å². The molecule has 1 saturated heterocycles. The summed E-state index contributed by atoms with van der Waals surface area (Å²) in [5.74, 6) is 0.0926. The molecule has 0 bridgehead atoms. The molecule has 1 aliphatic heterocycles. The molecule has 1 fully saturated rings. The molecule has 1 aromatic carbocycles. The molecule has 1 amide bonds. The number of hydrogen-bond acceptors (Lipinski definition) is 3. The van der Waals surface area contributed by atoms with E-state index in [1.807, 2.05) is 30.3 Å². The lowest BCUT2D eigenvalue weighted by Gasteiger charge is -2.37. The second kappa shape index (κ2) is 6.37. The van der Waals surface area contributed by atoms with Crippen LogP contribution in [0, 0.1) is 0 Å². The normalized spacial score (nSPS) is 21.1. The number of aliphatic hydroxyl groups excluding tert-OH is 1. The molecule has 1 aromatic rings. The highest BCUT2D eigenvalue weighted by Gasteiger charge is 2.32. The summed E-state index contributed by atoms with van der Waals surface area (Å²) < 4.78 is 0. The Hall–Kier alpha value is -1.39. The minimum atomic E-state index is -0.412. The summed E-state index contributed by atoms with van der Waals surface area (Å²) >= 11 is 0. The van der Waals surface area contributed by atoms with Gasteiger partial charge in [-0.15, -0.1) is 0 Å². The minimum absolute atomic E-state index is 0.0926. The molecule has 1 aliphatic rings. The van der Waals surface area contributed by atoms with Crippen LogP contribution >= 0.6 is 0 Å². The largest absolute Gasteiger partial charge is 0.391 e. The Kier molecular flexibility index (Phi) is 4.78. The quantitative estimate of drug-likeness (QED) is 0.868. The number of β-amino-alcohol motifs (C(OH)–C–C–N with tert-alkyl or cyclic N) is 1. The molecule has 0 radical (unpaired) electrons. The van der Waals surface area contributed by atoms with Crippen molar-refractivity contribution in [1.29, 1.82) is 0 Å². The number of rotatable bonds is 4. The summed E-state index contributed by atoms with van der Waals surface area (Å²) in [4.78, 5) is 13.8. The van der Waals surface area contributed by atoms with Crippen molar-refractivity contribution in [3.8, 4) is 0 Å². The first-order valence-corrected chi connectivity index (χ1v) is 7.21. The standard InChI is InChI=1S/C16H24N2O2/c1-16(2)11-15(20)17-8-9-18(16)12-14(19)10-13-6-4-3-5-7-13/h3-7,14,19H,8-12H2,1-2H3,(H,17,20)/t14-/m0/s1. The number of amides is 1. The topological polar surface area (TPSA) is 52.6 Å². The average molecular weight is 276 g/mol. The lowest BCUT2D eigenvalue weighted by Crippen LogP contribution is -2.48. The van der Waals surface area contributed by atoms with Gasteiger partial charge in [0.2, 0.25) is 5.91 Å². The van der Waals surface area contributed by atoms with Crippen molar-refractivity contribution in [2.45, 2.75) is 38.3 Å². The number of carbonyl (C=O) groups is 1. The summed E-state index contributed by atoms with van der Waals surface area (Å²) in [6, 6.07) is 10.0. The lowest BCUT2D eigenvalue weighted by atomic mass is 9.97. The Bertz CT molecular complexity index is 445. The van der Waals surface area contributed by atoms with E-state index in [0.29, 0.717) is 25.9 Å². The Morgan fingerprint density at radius 1 is 1.35 bits per heavy atom. The third kappa shape index (κ3) is 4.05. The molecule has 2 rings (SSSR count). The average Bonchev–Trinajstić information content (AvgIpc) is 2.49. The van der Waals surface area contributed by atoms with E-state index in [1.54, 1.807) is 0 Å². The summed E-state index contributed by atoms with van der Waals surface area (Å²) in [5, 5.41) is 13.2. The molecule has 1 heterocycles. The predicted molar refractivity (Wildman–Crippen MR) is 79.4 cm³/mol. The van der Waals surface area contributed by atoms with Gasteiger partial charge in [0.25, 0.3) is 0 Å². The van der Waals surface area contributed by atoms with Gasteiger partial charge in [-0.3, -0.25) is 9.69 Å². The molecule has 20 heavy (non-hydrogen) atoms. The van der Waals surface area contributed by atoms with Crippen molar-refractivity contribution in [2.75, 3.05) is 19.6 Å². The molecular formula is C16H24N2O2. The molecular weight excluding hydrogens is 252 g/mol. The third-order valence-corrected chi connectivity index (χ3v) is 3.90. The van der Waals surface area contributed by atoms with E-state index in [1.165, 1.54) is 0 Å². The number of aliphatic hydroxyl groups is 1. The van der Waals surface area contributed by atoms with Gasteiger partial charge in [0.05, 0.1) is 6.10 Å². The zero-order valence-electron chi connectivity index (χ0n) is 12.3. The van der Waals surface area contributed by atoms with Crippen molar-refractivity contribution in [2.24, 2.45) is 0 Å². The number of benzene rings is 1. The smallest absolute Gasteiger partial charge is 0.221 e. The van der Waals surface area contributed by atoms with Crippen molar-refractivity contribution in [1.82, 2.24) is 10.2 Å². The van der Waals surface area contributed by atoms with Crippen molar-refractivity contribution in [3.63, 3.8) is 0 Å². The Morgan fingerprint density at radius 3 is 2.75 bits per heavy atom. The zero-order chi connectivity index (χ0) is 14.6. The number of hydrogen-bond donors (Lipinski definition) is 2. The Labute approximate surface area is 120 Å². The molecule has 0 saturated carbocycles. The first kappa shape index (κ1) is 15.0. The maximum Gasteiger partial charge on any atom is 0.221 e. The zero-order valence-corrected chi connectivity index (χ0v) is 12.3. The first-order chi connectivity index (χ1) is 9.47. The first-order valence-electron chi connectivity index (χ1n) is 7.21. The lowest BCUT2D eigenvalue weighted by molar-refractivity contribution is -0.122. The molecule has 4 nitrogen and oxygen atoms in total. The molecule has 1 atom stereocenters. The van der Waals surface area contributed by atoms with Gasteiger partial charge >= 0.3 is 0 Å². The Morgan fingerprint density at radius 2 is 2.05 bits per heavy atom. The van der Waals surface area contributed by atoms with Gasteiger partial charge in [0.1, 0.15) is 0 Å². The molecule has 0 unspecified atom stereocenters. The van der Waals surface area contributed by atoms with E-state index in [4.69, 9.17) is 0 Å². The Balaban J connectivity index is 1.95. The van der Waals surface area contributed by atoms with Crippen LogP contribution in [0.3, 0.4) is 0 Å². The number of nitrogens with one attached hydrogen (secondary N) is 1. The van der Waals surface area contributed by atoms with Gasteiger partial charge in [-0.25, -0.2) is 0 Å². The van der Waals surface area contributed by atoms with Gasteiger partial charge in [-0.1, -0.05) is 30.3 Å².